The number of anilines is 1. The average molecular weight is 317 g/mol. The third kappa shape index (κ3) is 4.70. The van der Waals surface area contributed by atoms with Crippen molar-refractivity contribution in [2.75, 3.05) is 18.4 Å². The molecule has 1 aromatic heterocycles. The summed E-state index contributed by atoms with van der Waals surface area (Å²) in [6.07, 6.45) is 1.60. The van der Waals surface area contributed by atoms with E-state index in [0.717, 1.165) is 24.2 Å². The Morgan fingerprint density at radius 1 is 1.04 bits per heavy atom. The molecular formula is C16H20FN5O. The van der Waals surface area contributed by atoms with Crippen molar-refractivity contribution in [1.29, 1.82) is 0 Å². The van der Waals surface area contributed by atoms with Crippen LogP contribution in [0, 0.1) is 5.82 Å². The summed E-state index contributed by atoms with van der Waals surface area (Å²) in [5.74, 6) is -0.161. The molecule has 1 aromatic carbocycles. The molecule has 122 valence electrons. The van der Waals surface area contributed by atoms with Crippen molar-refractivity contribution in [3.05, 3.63) is 47.0 Å². The third-order valence-electron chi connectivity index (χ3n) is 3.31. The summed E-state index contributed by atoms with van der Waals surface area (Å²) in [5.41, 5.74) is 2.26. The topological polar surface area (TPSA) is 79.8 Å². The molecule has 7 heteroatoms. The molecule has 0 unspecified atom stereocenters. The van der Waals surface area contributed by atoms with Gasteiger partial charge in [0, 0.05) is 18.7 Å². The second-order valence-corrected chi connectivity index (χ2v) is 4.93. The molecule has 0 aliphatic heterocycles. The lowest BCUT2D eigenvalue weighted by Crippen LogP contribution is -2.29. The fourth-order valence-corrected chi connectivity index (χ4v) is 2.07. The number of carbonyl (C=O) groups excluding carboxylic acids is 1. The minimum atomic E-state index is -0.366. The van der Waals surface area contributed by atoms with Crippen LogP contribution in [0.2, 0.25) is 0 Å². The quantitative estimate of drug-likeness (QED) is 0.763. The van der Waals surface area contributed by atoms with Crippen molar-refractivity contribution < 1.29 is 9.18 Å². The van der Waals surface area contributed by atoms with Crippen molar-refractivity contribution >= 4 is 11.9 Å². The zero-order valence-corrected chi connectivity index (χ0v) is 13.3. The van der Waals surface area contributed by atoms with Crippen LogP contribution in [0.5, 0.6) is 0 Å². The molecule has 1 amide bonds. The third-order valence-corrected chi connectivity index (χ3v) is 3.31. The molecule has 1 heterocycles. The molecule has 2 aromatic rings. The summed E-state index contributed by atoms with van der Waals surface area (Å²) in [5, 5.41) is 13.9. The molecule has 0 atom stereocenters. The number of amides is 1. The SMILES string of the molecule is CCc1nnc(NCCNC(=O)c2ccc(F)cc2)nc1CC. The van der Waals surface area contributed by atoms with Gasteiger partial charge in [0.25, 0.3) is 5.91 Å². The predicted molar refractivity (Wildman–Crippen MR) is 85.8 cm³/mol. The highest BCUT2D eigenvalue weighted by Crippen LogP contribution is 2.06. The zero-order valence-electron chi connectivity index (χ0n) is 13.3. The van der Waals surface area contributed by atoms with Crippen LogP contribution >= 0.6 is 0 Å². The van der Waals surface area contributed by atoms with Crippen molar-refractivity contribution in [3.8, 4) is 0 Å². The van der Waals surface area contributed by atoms with Gasteiger partial charge in [-0.3, -0.25) is 4.79 Å². The van der Waals surface area contributed by atoms with Crippen LogP contribution in [0.1, 0.15) is 35.6 Å². The van der Waals surface area contributed by atoms with Gasteiger partial charge in [0.2, 0.25) is 5.95 Å². The first-order valence-electron chi connectivity index (χ1n) is 7.64. The highest BCUT2D eigenvalue weighted by atomic mass is 19.1. The number of aromatic nitrogens is 3. The standard InChI is InChI=1S/C16H20FN5O/c1-3-13-14(4-2)21-22-16(20-13)19-10-9-18-15(23)11-5-7-12(17)8-6-11/h5-8H,3-4,9-10H2,1-2H3,(H,18,23)(H,19,20,22). The van der Waals surface area contributed by atoms with Crippen molar-refractivity contribution in [2.45, 2.75) is 26.7 Å². The van der Waals surface area contributed by atoms with E-state index in [1.807, 2.05) is 13.8 Å². The fourth-order valence-electron chi connectivity index (χ4n) is 2.07. The molecule has 0 fully saturated rings. The monoisotopic (exact) mass is 317 g/mol. The van der Waals surface area contributed by atoms with Crippen LogP contribution in [-0.2, 0) is 12.8 Å². The Morgan fingerprint density at radius 3 is 2.39 bits per heavy atom. The first kappa shape index (κ1) is 16.8. The van der Waals surface area contributed by atoms with Crippen LogP contribution in [0.15, 0.2) is 24.3 Å². The molecule has 0 saturated heterocycles. The van der Waals surface area contributed by atoms with Gasteiger partial charge in [-0.05, 0) is 37.1 Å². The summed E-state index contributed by atoms with van der Waals surface area (Å²) in [6.45, 7) is 4.92. The van der Waals surface area contributed by atoms with Crippen molar-refractivity contribution in [2.24, 2.45) is 0 Å². The highest BCUT2D eigenvalue weighted by molar-refractivity contribution is 5.94. The van der Waals surface area contributed by atoms with Gasteiger partial charge < -0.3 is 10.6 Å². The molecule has 0 spiro atoms. The summed E-state index contributed by atoms with van der Waals surface area (Å²) in [6, 6.07) is 5.41. The van der Waals surface area contributed by atoms with Gasteiger partial charge in [-0.15, -0.1) is 5.10 Å². The molecular weight excluding hydrogens is 297 g/mol. The molecule has 2 rings (SSSR count). The maximum atomic E-state index is 12.8. The first-order valence-corrected chi connectivity index (χ1v) is 7.64. The number of aryl methyl sites for hydroxylation is 2. The highest BCUT2D eigenvalue weighted by Gasteiger charge is 2.07. The smallest absolute Gasteiger partial charge is 0.251 e. The lowest BCUT2D eigenvalue weighted by molar-refractivity contribution is 0.0955. The van der Waals surface area contributed by atoms with Gasteiger partial charge in [0.1, 0.15) is 5.82 Å². The molecule has 0 radical (unpaired) electrons. The lowest BCUT2D eigenvalue weighted by atomic mass is 10.2. The van der Waals surface area contributed by atoms with E-state index in [-0.39, 0.29) is 11.7 Å². The number of nitrogens with zero attached hydrogens (tertiary/aromatic N) is 3. The Kier molecular flexibility index (Phi) is 5.96. The molecule has 0 bridgehead atoms. The second kappa shape index (κ2) is 8.17. The van der Waals surface area contributed by atoms with E-state index in [9.17, 15) is 9.18 Å². The number of halogens is 1. The molecule has 2 N–H and O–H groups in total. The van der Waals surface area contributed by atoms with Crippen LogP contribution in [0.3, 0.4) is 0 Å². The Hall–Kier alpha value is -2.57. The van der Waals surface area contributed by atoms with Gasteiger partial charge >= 0.3 is 0 Å². The van der Waals surface area contributed by atoms with Crippen LogP contribution in [0.4, 0.5) is 10.3 Å². The van der Waals surface area contributed by atoms with Gasteiger partial charge in [0.15, 0.2) is 0 Å². The number of nitrogens with one attached hydrogen (secondary N) is 2. The van der Waals surface area contributed by atoms with E-state index >= 15 is 0 Å². The second-order valence-electron chi connectivity index (χ2n) is 4.93. The maximum Gasteiger partial charge on any atom is 0.251 e. The Labute approximate surface area is 134 Å². The maximum absolute atomic E-state index is 12.8. The minimum Gasteiger partial charge on any atom is -0.351 e. The Balaban J connectivity index is 1.81. The molecule has 0 saturated carbocycles. The average Bonchev–Trinajstić information content (AvgIpc) is 2.58. The normalized spacial score (nSPS) is 10.4. The van der Waals surface area contributed by atoms with E-state index in [4.69, 9.17) is 0 Å². The summed E-state index contributed by atoms with van der Waals surface area (Å²) in [4.78, 5) is 16.3. The number of benzene rings is 1. The largest absolute Gasteiger partial charge is 0.351 e. The molecule has 6 nitrogen and oxygen atoms in total. The van der Waals surface area contributed by atoms with Crippen molar-refractivity contribution in [3.63, 3.8) is 0 Å². The van der Waals surface area contributed by atoms with E-state index in [1.165, 1.54) is 24.3 Å². The van der Waals surface area contributed by atoms with E-state index in [2.05, 4.69) is 25.8 Å². The lowest BCUT2D eigenvalue weighted by Gasteiger charge is -2.08. The van der Waals surface area contributed by atoms with Crippen LogP contribution in [0.25, 0.3) is 0 Å². The number of hydrogen-bond donors (Lipinski definition) is 2. The minimum absolute atomic E-state index is 0.249. The van der Waals surface area contributed by atoms with E-state index < -0.39 is 0 Å². The summed E-state index contributed by atoms with van der Waals surface area (Å²) < 4.78 is 12.8. The molecule has 0 aliphatic carbocycles. The van der Waals surface area contributed by atoms with E-state index in [1.54, 1.807) is 0 Å². The first-order chi connectivity index (χ1) is 11.1. The number of hydrogen-bond acceptors (Lipinski definition) is 5. The van der Waals surface area contributed by atoms with Crippen molar-refractivity contribution in [1.82, 2.24) is 20.5 Å². The van der Waals surface area contributed by atoms with Gasteiger partial charge in [-0.25, -0.2) is 9.37 Å². The fraction of sp³-hybridized carbons (Fsp3) is 0.375. The number of carbonyl (C=O) groups is 1. The summed E-state index contributed by atoms with van der Waals surface area (Å²) in [7, 11) is 0. The zero-order chi connectivity index (χ0) is 16.7. The molecule has 0 aliphatic rings. The Bertz CT molecular complexity index is 660. The van der Waals surface area contributed by atoms with E-state index in [0.29, 0.717) is 24.6 Å². The van der Waals surface area contributed by atoms with Gasteiger partial charge in [-0.1, -0.05) is 13.8 Å². The van der Waals surface area contributed by atoms with Crippen LogP contribution in [-0.4, -0.2) is 34.2 Å². The predicted octanol–water partition coefficient (Wildman–Crippen LogP) is 1.98. The van der Waals surface area contributed by atoms with Gasteiger partial charge in [0.05, 0.1) is 11.4 Å². The van der Waals surface area contributed by atoms with Gasteiger partial charge in [-0.2, -0.15) is 5.10 Å². The summed E-state index contributed by atoms with van der Waals surface area (Å²) >= 11 is 0. The van der Waals surface area contributed by atoms with Crippen LogP contribution < -0.4 is 10.6 Å². The molecule has 23 heavy (non-hydrogen) atoms. The number of rotatable bonds is 7. The Morgan fingerprint density at radius 2 is 1.74 bits per heavy atom.